The quantitative estimate of drug-likeness (QED) is 0.754. The van der Waals surface area contributed by atoms with Crippen LogP contribution in [0, 0.1) is 18.8 Å². The molecule has 1 amide bonds. The van der Waals surface area contributed by atoms with Gasteiger partial charge in [0.2, 0.25) is 0 Å². The molecule has 1 aromatic rings. The molecule has 6 heteroatoms. The van der Waals surface area contributed by atoms with Crippen LogP contribution in [0.25, 0.3) is 0 Å². The van der Waals surface area contributed by atoms with Crippen LogP contribution in [0.1, 0.15) is 53.3 Å². The van der Waals surface area contributed by atoms with Crippen LogP contribution >= 0.6 is 0 Å². The van der Waals surface area contributed by atoms with Crippen LogP contribution in [-0.2, 0) is 0 Å². The Kier molecular flexibility index (Phi) is 3.27. The highest BCUT2D eigenvalue weighted by atomic mass is 16.3. The molecule has 22 heavy (non-hydrogen) atoms. The number of amides is 1. The van der Waals surface area contributed by atoms with E-state index in [9.17, 15) is 15.0 Å². The van der Waals surface area contributed by atoms with E-state index in [1.807, 2.05) is 11.8 Å². The third-order valence-electron chi connectivity index (χ3n) is 5.55. The number of carbonyl (C=O) groups excluding carboxylic acids is 1. The third-order valence-corrected chi connectivity index (χ3v) is 5.55. The number of aliphatic hydroxyl groups is 2. The van der Waals surface area contributed by atoms with Crippen LogP contribution in [0.15, 0.2) is 0 Å². The number of aryl methyl sites for hydroxylation is 1. The molecule has 4 atom stereocenters. The summed E-state index contributed by atoms with van der Waals surface area (Å²) in [7, 11) is 0. The van der Waals surface area contributed by atoms with E-state index < -0.39 is 12.2 Å². The molecule has 1 aliphatic heterocycles. The first kappa shape index (κ1) is 14.2. The van der Waals surface area contributed by atoms with Gasteiger partial charge in [-0.2, -0.15) is 5.10 Å². The predicted octanol–water partition coefficient (Wildman–Crippen LogP) is 0.799. The number of aromatic nitrogens is 2. The summed E-state index contributed by atoms with van der Waals surface area (Å²) in [6, 6.07) is 0. The van der Waals surface area contributed by atoms with Crippen molar-refractivity contribution >= 4 is 5.91 Å². The molecule has 0 radical (unpaired) electrons. The standard InChI is InChI=1S/C16H23N3O3/c1-8-14(15(18-17-8)9-2-3-9)16(22)19-6-10-4-12(20)13(21)5-11(10)7-19/h9-13,20-21H,2-7H2,1H3,(H,17,18)/t10-,11+,12-,13-/m0/s1. The molecule has 0 bridgehead atoms. The van der Waals surface area contributed by atoms with Crippen LogP contribution < -0.4 is 0 Å². The Balaban J connectivity index is 1.54. The van der Waals surface area contributed by atoms with Crippen molar-refractivity contribution in [1.82, 2.24) is 15.1 Å². The minimum absolute atomic E-state index is 0.0616. The van der Waals surface area contributed by atoms with Crippen molar-refractivity contribution < 1.29 is 15.0 Å². The number of likely N-dealkylation sites (tertiary alicyclic amines) is 1. The molecule has 4 rings (SSSR count). The van der Waals surface area contributed by atoms with E-state index in [2.05, 4.69) is 10.2 Å². The normalized spacial score (nSPS) is 34.8. The molecule has 2 saturated carbocycles. The molecule has 6 nitrogen and oxygen atoms in total. The molecule has 3 aliphatic rings. The van der Waals surface area contributed by atoms with Crippen molar-refractivity contribution in [3.05, 3.63) is 17.0 Å². The first-order valence-corrected chi connectivity index (χ1v) is 8.25. The van der Waals surface area contributed by atoms with Gasteiger partial charge in [-0.1, -0.05) is 0 Å². The van der Waals surface area contributed by atoms with Crippen molar-refractivity contribution in [2.24, 2.45) is 11.8 Å². The van der Waals surface area contributed by atoms with Gasteiger partial charge in [-0.05, 0) is 44.4 Å². The molecule has 0 aromatic carbocycles. The van der Waals surface area contributed by atoms with Gasteiger partial charge < -0.3 is 15.1 Å². The highest BCUT2D eigenvalue weighted by molar-refractivity contribution is 5.97. The summed E-state index contributed by atoms with van der Waals surface area (Å²) in [5, 5.41) is 27.0. The van der Waals surface area contributed by atoms with Gasteiger partial charge in [0.05, 0.1) is 23.5 Å². The van der Waals surface area contributed by atoms with Crippen molar-refractivity contribution in [2.45, 2.75) is 50.7 Å². The number of rotatable bonds is 2. The monoisotopic (exact) mass is 305 g/mol. The van der Waals surface area contributed by atoms with Crippen molar-refractivity contribution in [1.29, 1.82) is 0 Å². The summed E-state index contributed by atoms with van der Waals surface area (Å²) in [5.41, 5.74) is 2.53. The second-order valence-electron chi connectivity index (χ2n) is 7.22. The largest absolute Gasteiger partial charge is 0.390 e. The maximum absolute atomic E-state index is 12.9. The fourth-order valence-electron chi connectivity index (χ4n) is 4.10. The number of aliphatic hydroxyl groups excluding tert-OH is 2. The number of carbonyl (C=O) groups is 1. The van der Waals surface area contributed by atoms with Gasteiger partial charge >= 0.3 is 0 Å². The van der Waals surface area contributed by atoms with E-state index in [-0.39, 0.29) is 5.91 Å². The van der Waals surface area contributed by atoms with E-state index in [1.165, 1.54) is 0 Å². The highest BCUT2D eigenvalue weighted by Gasteiger charge is 2.43. The molecule has 1 saturated heterocycles. The fourth-order valence-corrected chi connectivity index (χ4v) is 4.10. The molecule has 2 heterocycles. The summed E-state index contributed by atoms with van der Waals surface area (Å²) < 4.78 is 0. The lowest BCUT2D eigenvalue weighted by Crippen LogP contribution is -2.38. The van der Waals surface area contributed by atoms with E-state index >= 15 is 0 Å². The number of fused-ring (bicyclic) bond motifs is 1. The second-order valence-corrected chi connectivity index (χ2v) is 7.22. The van der Waals surface area contributed by atoms with Crippen LogP contribution in [0.4, 0.5) is 0 Å². The minimum atomic E-state index is -0.644. The lowest BCUT2D eigenvalue weighted by molar-refractivity contribution is -0.0372. The molecule has 3 fully saturated rings. The number of nitrogens with one attached hydrogen (secondary N) is 1. The molecular formula is C16H23N3O3. The van der Waals surface area contributed by atoms with Gasteiger partial charge in [-0.15, -0.1) is 0 Å². The van der Waals surface area contributed by atoms with Crippen molar-refractivity contribution in [3.8, 4) is 0 Å². The van der Waals surface area contributed by atoms with E-state index in [0.717, 1.165) is 29.8 Å². The molecule has 2 aliphatic carbocycles. The third kappa shape index (κ3) is 2.25. The van der Waals surface area contributed by atoms with Gasteiger partial charge in [0.25, 0.3) is 5.91 Å². The van der Waals surface area contributed by atoms with Gasteiger partial charge in [-0.25, -0.2) is 0 Å². The van der Waals surface area contributed by atoms with Gasteiger partial charge in [0.1, 0.15) is 0 Å². The zero-order valence-electron chi connectivity index (χ0n) is 12.8. The van der Waals surface area contributed by atoms with Crippen LogP contribution in [0.2, 0.25) is 0 Å². The molecular weight excluding hydrogens is 282 g/mol. The Hall–Kier alpha value is -1.40. The first-order valence-electron chi connectivity index (χ1n) is 8.25. The summed E-state index contributed by atoms with van der Waals surface area (Å²) in [6.45, 7) is 3.27. The van der Waals surface area contributed by atoms with Crippen LogP contribution in [0.5, 0.6) is 0 Å². The molecule has 1 aromatic heterocycles. The zero-order valence-corrected chi connectivity index (χ0v) is 12.8. The van der Waals surface area contributed by atoms with Crippen LogP contribution in [0.3, 0.4) is 0 Å². The number of hydrogen-bond donors (Lipinski definition) is 3. The maximum Gasteiger partial charge on any atom is 0.257 e. The Morgan fingerprint density at radius 3 is 2.32 bits per heavy atom. The lowest BCUT2D eigenvalue weighted by Gasteiger charge is -2.31. The topological polar surface area (TPSA) is 89.5 Å². The number of hydrogen-bond acceptors (Lipinski definition) is 4. The molecule has 0 unspecified atom stereocenters. The summed E-state index contributed by atoms with van der Waals surface area (Å²) in [4.78, 5) is 14.8. The molecule has 3 N–H and O–H groups in total. The summed E-state index contributed by atoms with van der Waals surface area (Å²) >= 11 is 0. The Morgan fingerprint density at radius 2 is 1.77 bits per heavy atom. The zero-order chi connectivity index (χ0) is 15.4. The smallest absolute Gasteiger partial charge is 0.257 e. The maximum atomic E-state index is 12.9. The van der Waals surface area contributed by atoms with Crippen LogP contribution in [-0.4, -0.2) is 56.5 Å². The predicted molar refractivity (Wildman–Crippen MR) is 79.4 cm³/mol. The molecule has 120 valence electrons. The van der Waals surface area contributed by atoms with Gasteiger partial charge in [-0.3, -0.25) is 9.89 Å². The second kappa shape index (κ2) is 5.06. The van der Waals surface area contributed by atoms with E-state index in [1.54, 1.807) is 0 Å². The first-order chi connectivity index (χ1) is 10.5. The van der Waals surface area contributed by atoms with Crippen molar-refractivity contribution in [3.63, 3.8) is 0 Å². The average Bonchev–Trinajstić information content (AvgIpc) is 3.14. The Labute approximate surface area is 129 Å². The van der Waals surface area contributed by atoms with E-state index in [4.69, 9.17) is 0 Å². The average molecular weight is 305 g/mol. The SMILES string of the molecule is Cc1[nH]nc(C2CC2)c1C(=O)N1C[C@H]2C[C@H](O)[C@@H](O)C[C@H]2C1. The Morgan fingerprint density at radius 1 is 1.18 bits per heavy atom. The van der Waals surface area contributed by atoms with E-state index in [0.29, 0.717) is 43.7 Å². The Bertz CT molecular complexity index is 577. The number of H-pyrrole nitrogens is 1. The molecule has 0 spiro atoms. The minimum Gasteiger partial charge on any atom is -0.390 e. The fraction of sp³-hybridized carbons (Fsp3) is 0.750. The number of aromatic amines is 1. The van der Waals surface area contributed by atoms with Gasteiger partial charge in [0, 0.05) is 24.7 Å². The van der Waals surface area contributed by atoms with Crippen molar-refractivity contribution in [2.75, 3.05) is 13.1 Å². The van der Waals surface area contributed by atoms with Gasteiger partial charge in [0.15, 0.2) is 0 Å². The summed E-state index contributed by atoms with van der Waals surface area (Å²) in [6.07, 6.45) is 2.14. The number of nitrogens with zero attached hydrogens (tertiary/aromatic N) is 2. The highest BCUT2D eigenvalue weighted by Crippen LogP contribution is 2.42. The summed E-state index contributed by atoms with van der Waals surface area (Å²) in [5.74, 6) is 1.11. The lowest BCUT2D eigenvalue weighted by atomic mass is 9.79.